The molecule has 0 amide bonds. The van der Waals surface area contributed by atoms with Gasteiger partial charge >= 0.3 is 0 Å². The second-order valence-corrected chi connectivity index (χ2v) is 4.79. The van der Waals surface area contributed by atoms with Crippen LogP contribution in [0.15, 0.2) is 22.8 Å². The van der Waals surface area contributed by atoms with Crippen molar-refractivity contribution in [3.63, 3.8) is 0 Å². The lowest BCUT2D eigenvalue weighted by Crippen LogP contribution is -2.15. The zero-order valence-corrected chi connectivity index (χ0v) is 10.4. The number of fused-ring (bicyclic) bond motifs is 1. The van der Waals surface area contributed by atoms with Crippen LogP contribution in [0.5, 0.6) is 0 Å². The Balaban J connectivity index is 2.01. The molecule has 2 aromatic heterocycles. The van der Waals surface area contributed by atoms with E-state index < -0.39 is 0 Å². The van der Waals surface area contributed by atoms with Gasteiger partial charge in [0.2, 0.25) is 0 Å². The van der Waals surface area contributed by atoms with Gasteiger partial charge in [-0.15, -0.1) is 5.10 Å². The largest absolute Gasteiger partial charge is 0.381 e. The molecule has 0 saturated carbocycles. The lowest BCUT2D eigenvalue weighted by Gasteiger charge is -2.18. The van der Waals surface area contributed by atoms with Crippen LogP contribution in [0, 0.1) is 0 Å². The molecule has 16 heavy (non-hydrogen) atoms. The van der Waals surface area contributed by atoms with E-state index >= 15 is 0 Å². The summed E-state index contributed by atoms with van der Waals surface area (Å²) in [5, 5.41) is 4.54. The van der Waals surface area contributed by atoms with E-state index in [9.17, 15) is 0 Å². The van der Waals surface area contributed by atoms with Crippen LogP contribution in [0.3, 0.4) is 0 Å². The molecule has 0 aliphatic carbocycles. The smallest absolute Gasteiger partial charge is 0.156 e. The predicted octanol–water partition coefficient (Wildman–Crippen LogP) is 2.39. The Kier molecular flexibility index (Phi) is 2.65. The zero-order chi connectivity index (χ0) is 11.0. The average Bonchev–Trinajstić information content (AvgIpc) is 2.76. The number of ether oxygens (including phenoxy) is 1. The Morgan fingerprint density at radius 3 is 2.88 bits per heavy atom. The topological polar surface area (TPSA) is 39.4 Å². The van der Waals surface area contributed by atoms with Crippen molar-refractivity contribution >= 4 is 21.6 Å². The maximum Gasteiger partial charge on any atom is 0.156 e. The fourth-order valence-electron chi connectivity index (χ4n) is 2.02. The van der Waals surface area contributed by atoms with Gasteiger partial charge in [-0.2, -0.15) is 0 Å². The third kappa shape index (κ3) is 1.74. The monoisotopic (exact) mass is 281 g/mol. The first-order chi connectivity index (χ1) is 7.84. The molecule has 0 atom stereocenters. The Morgan fingerprint density at radius 1 is 1.31 bits per heavy atom. The summed E-state index contributed by atoms with van der Waals surface area (Å²) < 4.78 is 8.13. The molecule has 1 aliphatic heterocycles. The van der Waals surface area contributed by atoms with Gasteiger partial charge in [-0.25, -0.2) is 9.50 Å². The second kappa shape index (κ2) is 4.14. The molecule has 1 aliphatic rings. The van der Waals surface area contributed by atoms with E-state index in [2.05, 4.69) is 26.0 Å². The minimum absolute atomic E-state index is 0.445. The average molecular weight is 282 g/mol. The minimum atomic E-state index is 0.445. The number of pyridine rings is 1. The van der Waals surface area contributed by atoms with E-state index in [1.807, 2.05) is 22.7 Å². The van der Waals surface area contributed by atoms with Crippen LogP contribution in [0.1, 0.15) is 24.6 Å². The molecule has 1 fully saturated rings. The van der Waals surface area contributed by atoms with Crippen LogP contribution >= 0.6 is 15.9 Å². The molecule has 3 heterocycles. The molecule has 0 unspecified atom stereocenters. The number of hydrogen-bond acceptors (Lipinski definition) is 3. The number of aromatic nitrogens is 3. The Labute approximate surface area is 102 Å². The van der Waals surface area contributed by atoms with E-state index in [0.29, 0.717) is 5.92 Å². The highest BCUT2D eigenvalue weighted by atomic mass is 79.9. The van der Waals surface area contributed by atoms with Crippen LogP contribution in [-0.4, -0.2) is 27.8 Å². The van der Waals surface area contributed by atoms with Crippen LogP contribution in [0.2, 0.25) is 0 Å². The zero-order valence-electron chi connectivity index (χ0n) is 8.77. The molecule has 0 radical (unpaired) electrons. The molecule has 84 valence electrons. The molecule has 2 aromatic rings. The van der Waals surface area contributed by atoms with E-state index in [4.69, 9.17) is 4.74 Å². The van der Waals surface area contributed by atoms with Crippen molar-refractivity contribution in [2.75, 3.05) is 13.2 Å². The van der Waals surface area contributed by atoms with Gasteiger partial charge in [0.1, 0.15) is 4.60 Å². The van der Waals surface area contributed by atoms with Gasteiger partial charge in [-0.1, -0.05) is 6.07 Å². The van der Waals surface area contributed by atoms with Crippen molar-refractivity contribution in [2.45, 2.75) is 18.8 Å². The van der Waals surface area contributed by atoms with E-state index in [0.717, 1.165) is 42.1 Å². The molecule has 0 spiro atoms. The van der Waals surface area contributed by atoms with Crippen molar-refractivity contribution < 1.29 is 4.74 Å². The lowest BCUT2D eigenvalue weighted by molar-refractivity contribution is 0.0836. The molecule has 0 N–H and O–H groups in total. The van der Waals surface area contributed by atoms with Gasteiger partial charge in [0.25, 0.3) is 0 Å². The minimum Gasteiger partial charge on any atom is -0.381 e. The summed E-state index contributed by atoms with van der Waals surface area (Å²) >= 11 is 3.47. The van der Waals surface area contributed by atoms with Gasteiger partial charge in [0, 0.05) is 19.1 Å². The quantitative estimate of drug-likeness (QED) is 0.754. The van der Waals surface area contributed by atoms with Crippen LogP contribution in [0.25, 0.3) is 5.65 Å². The summed E-state index contributed by atoms with van der Waals surface area (Å²) in [5.41, 5.74) is 0.899. The van der Waals surface area contributed by atoms with Crippen molar-refractivity contribution in [1.82, 2.24) is 14.6 Å². The molecule has 0 bridgehead atoms. The SMILES string of the molecule is Brc1cccc2nc(C3CCOCC3)nn12. The van der Waals surface area contributed by atoms with Crippen molar-refractivity contribution in [2.24, 2.45) is 0 Å². The van der Waals surface area contributed by atoms with Crippen molar-refractivity contribution in [1.29, 1.82) is 0 Å². The van der Waals surface area contributed by atoms with Crippen LogP contribution < -0.4 is 0 Å². The summed E-state index contributed by atoms with van der Waals surface area (Å²) in [4.78, 5) is 4.56. The summed E-state index contributed by atoms with van der Waals surface area (Å²) in [6.07, 6.45) is 2.04. The van der Waals surface area contributed by atoms with Crippen molar-refractivity contribution in [3.8, 4) is 0 Å². The van der Waals surface area contributed by atoms with E-state index in [-0.39, 0.29) is 0 Å². The predicted molar refractivity (Wildman–Crippen MR) is 63.5 cm³/mol. The fraction of sp³-hybridized carbons (Fsp3) is 0.455. The summed E-state index contributed by atoms with van der Waals surface area (Å²) in [7, 11) is 0. The molecule has 5 heteroatoms. The van der Waals surface area contributed by atoms with Gasteiger partial charge in [0.15, 0.2) is 11.5 Å². The van der Waals surface area contributed by atoms with Crippen LogP contribution in [0.4, 0.5) is 0 Å². The number of rotatable bonds is 1. The molecule has 0 aromatic carbocycles. The van der Waals surface area contributed by atoms with E-state index in [1.54, 1.807) is 0 Å². The molecule has 4 nitrogen and oxygen atoms in total. The standard InChI is InChI=1S/C11H12BrN3O/c12-9-2-1-3-10-13-11(14-15(9)10)8-4-6-16-7-5-8/h1-3,8H,4-7H2. The van der Waals surface area contributed by atoms with Gasteiger partial charge in [0.05, 0.1) is 0 Å². The molecule has 1 saturated heterocycles. The highest BCUT2D eigenvalue weighted by molar-refractivity contribution is 9.10. The summed E-state index contributed by atoms with van der Waals surface area (Å²) in [6.45, 7) is 1.64. The first kappa shape index (κ1) is 10.2. The highest BCUT2D eigenvalue weighted by Crippen LogP contribution is 2.25. The number of nitrogens with zero attached hydrogens (tertiary/aromatic N) is 3. The maximum absolute atomic E-state index is 5.35. The Hall–Kier alpha value is -0.940. The highest BCUT2D eigenvalue weighted by Gasteiger charge is 2.20. The Morgan fingerprint density at radius 2 is 2.12 bits per heavy atom. The molecular formula is C11H12BrN3O. The third-order valence-electron chi connectivity index (χ3n) is 2.92. The second-order valence-electron chi connectivity index (χ2n) is 3.98. The summed E-state index contributed by atoms with van der Waals surface area (Å²) in [6, 6.07) is 5.91. The third-order valence-corrected chi connectivity index (χ3v) is 3.52. The van der Waals surface area contributed by atoms with Crippen LogP contribution in [-0.2, 0) is 4.74 Å². The summed E-state index contributed by atoms with van der Waals surface area (Å²) in [5.74, 6) is 1.38. The normalized spacial score (nSPS) is 18.1. The number of halogens is 1. The van der Waals surface area contributed by atoms with Gasteiger partial charge in [-0.05, 0) is 40.9 Å². The van der Waals surface area contributed by atoms with Crippen molar-refractivity contribution in [3.05, 3.63) is 28.6 Å². The lowest BCUT2D eigenvalue weighted by atomic mass is 10.00. The maximum atomic E-state index is 5.35. The van der Waals surface area contributed by atoms with Gasteiger partial charge in [-0.3, -0.25) is 0 Å². The van der Waals surface area contributed by atoms with Gasteiger partial charge < -0.3 is 4.74 Å². The fourth-order valence-corrected chi connectivity index (χ4v) is 2.43. The van der Waals surface area contributed by atoms with E-state index in [1.165, 1.54) is 0 Å². The Bertz CT molecular complexity index is 505. The molecule has 3 rings (SSSR count). The first-order valence-corrected chi connectivity index (χ1v) is 6.23. The molecular weight excluding hydrogens is 270 g/mol. The number of hydrogen-bond donors (Lipinski definition) is 0. The first-order valence-electron chi connectivity index (χ1n) is 5.43.